The Hall–Kier alpha value is -2.88. The quantitative estimate of drug-likeness (QED) is 0.658. The first-order chi connectivity index (χ1) is 14.6. The van der Waals surface area contributed by atoms with Crippen LogP contribution in [0.2, 0.25) is 0 Å². The number of hydrogen-bond acceptors (Lipinski definition) is 2. The minimum atomic E-state index is -0.185. The molecule has 0 saturated heterocycles. The third kappa shape index (κ3) is 2.59. The van der Waals surface area contributed by atoms with Gasteiger partial charge in [0.05, 0.1) is 6.04 Å². The zero-order valence-corrected chi connectivity index (χ0v) is 17.0. The molecule has 30 heavy (non-hydrogen) atoms. The number of hydrogen-bond donors (Lipinski definition) is 1. The molecular weight excluding hydrogens is 375 g/mol. The molecule has 1 N–H and O–H groups in total. The topological polar surface area (TPSA) is 32.3 Å². The molecule has 2 aliphatic carbocycles. The van der Waals surface area contributed by atoms with E-state index in [4.69, 9.17) is 0 Å². The van der Waals surface area contributed by atoms with E-state index in [2.05, 4.69) is 46.7 Å². The second kappa shape index (κ2) is 6.56. The van der Waals surface area contributed by atoms with Crippen molar-refractivity contribution in [2.24, 2.45) is 11.8 Å². The highest BCUT2D eigenvalue weighted by molar-refractivity contribution is 5.90. The number of amides is 1. The molecule has 2 heterocycles. The van der Waals surface area contributed by atoms with E-state index in [9.17, 15) is 9.18 Å². The summed E-state index contributed by atoms with van der Waals surface area (Å²) in [7, 11) is 0. The van der Waals surface area contributed by atoms with E-state index < -0.39 is 0 Å². The first kappa shape index (κ1) is 17.9. The van der Waals surface area contributed by atoms with E-state index in [1.807, 2.05) is 12.1 Å². The number of carbonyl (C=O) groups excluding carboxylic acids is 1. The highest BCUT2D eigenvalue weighted by Gasteiger charge is 2.47. The summed E-state index contributed by atoms with van der Waals surface area (Å²) in [6.45, 7) is 2.58. The van der Waals surface area contributed by atoms with Gasteiger partial charge in [-0.1, -0.05) is 36.4 Å². The summed E-state index contributed by atoms with van der Waals surface area (Å²) in [6.07, 6.45) is 11.4. The monoisotopic (exact) mass is 400 g/mol. The molecule has 0 bridgehead atoms. The van der Waals surface area contributed by atoms with Crippen molar-refractivity contribution < 1.29 is 9.18 Å². The fourth-order valence-electron chi connectivity index (χ4n) is 6.29. The molecule has 0 fully saturated rings. The van der Waals surface area contributed by atoms with Crippen LogP contribution in [0.15, 0.2) is 60.7 Å². The van der Waals surface area contributed by atoms with Gasteiger partial charge in [-0.2, -0.15) is 0 Å². The van der Waals surface area contributed by atoms with Crippen LogP contribution in [-0.4, -0.2) is 12.5 Å². The summed E-state index contributed by atoms with van der Waals surface area (Å²) in [5.41, 5.74) is 6.08. The fourth-order valence-corrected chi connectivity index (χ4v) is 6.29. The van der Waals surface area contributed by atoms with E-state index >= 15 is 0 Å². The third-order valence-electron chi connectivity index (χ3n) is 7.38. The van der Waals surface area contributed by atoms with Gasteiger partial charge in [0.1, 0.15) is 5.82 Å². The van der Waals surface area contributed by atoms with Crippen molar-refractivity contribution >= 4 is 17.3 Å². The molecule has 5 atom stereocenters. The highest BCUT2D eigenvalue weighted by atomic mass is 19.1. The predicted molar refractivity (Wildman–Crippen MR) is 117 cm³/mol. The molecule has 0 aromatic heterocycles. The molecule has 2 aliphatic heterocycles. The van der Waals surface area contributed by atoms with Crippen LogP contribution in [-0.2, 0) is 4.79 Å². The molecule has 2 aromatic carbocycles. The first-order valence-corrected chi connectivity index (χ1v) is 10.9. The number of rotatable bonds is 2. The minimum absolute atomic E-state index is 0.0353. The van der Waals surface area contributed by atoms with Crippen LogP contribution in [0.4, 0.5) is 15.8 Å². The lowest BCUT2D eigenvalue weighted by Gasteiger charge is -2.51. The van der Waals surface area contributed by atoms with Crippen molar-refractivity contribution in [2.75, 3.05) is 16.8 Å². The van der Waals surface area contributed by atoms with E-state index in [0.717, 1.165) is 25.1 Å². The van der Waals surface area contributed by atoms with Gasteiger partial charge >= 0.3 is 0 Å². The van der Waals surface area contributed by atoms with Crippen LogP contribution in [0.1, 0.15) is 54.3 Å². The molecule has 2 aromatic rings. The maximum atomic E-state index is 13.7. The second-order valence-electron chi connectivity index (χ2n) is 9.14. The van der Waals surface area contributed by atoms with E-state index in [0.29, 0.717) is 23.7 Å². The highest BCUT2D eigenvalue weighted by Crippen LogP contribution is 2.59. The molecule has 3 nitrogen and oxygen atoms in total. The van der Waals surface area contributed by atoms with Gasteiger partial charge in [0.2, 0.25) is 5.91 Å². The number of anilines is 2. The van der Waals surface area contributed by atoms with Crippen LogP contribution in [0, 0.1) is 17.7 Å². The molecule has 4 aliphatic rings. The van der Waals surface area contributed by atoms with Crippen molar-refractivity contribution in [1.82, 2.24) is 0 Å². The van der Waals surface area contributed by atoms with Gasteiger partial charge in [-0.05, 0) is 65.6 Å². The summed E-state index contributed by atoms with van der Waals surface area (Å²) in [5, 5.41) is 3.03. The molecule has 0 radical (unpaired) electrons. The Bertz CT molecular complexity index is 1070. The molecule has 0 saturated carbocycles. The molecule has 0 spiro atoms. The maximum absolute atomic E-state index is 13.7. The molecule has 6 rings (SSSR count). The average Bonchev–Trinajstić information content (AvgIpc) is 3.38. The van der Waals surface area contributed by atoms with Crippen molar-refractivity contribution in [2.45, 2.75) is 37.6 Å². The number of nitrogens with zero attached hydrogens (tertiary/aromatic N) is 1. The predicted octanol–water partition coefficient (Wildman–Crippen LogP) is 5.68. The Morgan fingerprint density at radius 2 is 1.73 bits per heavy atom. The van der Waals surface area contributed by atoms with Crippen LogP contribution < -0.4 is 10.2 Å². The molecule has 1 amide bonds. The van der Waals surface area contributed by atoms with Gasteiger partial charge in [-0.3, -0.25) is 4.79 Å². The van der Waals surface area contributed by atoms with Crippen molar-refractivity contribution in [3.63, 3.8) is 0 Å². The lowest BCUT2D eigenvalue weighted by Crippen LogP contribution is -2.46. The molecule has 0 unspecified atom stereocenters. The summed E-state index contributed by atoms with van der Waals surface area (Å²) in [4.78, 5) is 14.4. The number of fused-ring (bicyclic) bond motifs is 4. The van der Waals surface area contributed by atoms with Crippen LogP contribution in [0.25, 0.3) is 0 Å². The SMILES string of the molecule is CC(=O)Nc1cc2c3c(c1)[C@H]1C=CC[C@H]1[C@@H](c1ccc(F)cc1)N3C[C@@H]1CC=C[C@H]21. The lowest BCUT2D eigenvalue weighted by molar-refractivity contribution is -0.114. The normalized spacial score (nSPS) is 30.1. The maximum Gasteiger partial charge on any atom is 0.221 e. The number of halogens is 1. The third-order valence-corrected chi connectivity index (χ3v) is 7.38. The molecular formula is C26H25FN2O. The molecule has 4 heteroatoms. The first-order valence-electron chi connectivity index (χ1n) is 10.9. The Labute approximate surface area is 176 Å². The smallest absolute Gasteiger partial charge is 0.221 e. The standard InChI is InChI=1S/C26H25FN2O/c1-15(30)28-19-12-23-20-5-2-4-17(20)14-29-25(16-8-10-18(27)11-9-16)22-7-3-6-21(22)24(13-19)26(23)29/h2-3,5-6,8-13,17,20-22,25H,4,7,14H2,1H3,(H,28,30)/t17-,20-,21-,22+,25+/m0/s1. The lowest BCUT2D eigenvalue weighted by atomic mass is 9.70. The number of carbonyl (C=O) groups is 1. The zero-order chi connectivity index (χ0) is 20.4. The van der Waals surface area contributed by atoms with E-state index in [-0.39, 0.29) is 17.8 Å². The average molecular weight is 400 g/mol. The number of benzene rings is 2. The van der Waals surface area contributed by atoms with Gasteiger partial charge in [0, 0.05) is 36.7 Å². The van der Waals surface area contributed by atoms with Crippen LogP contribution >= 0.6 is 0 Å². The van der Waals surface area contributed by atoms with Gasteiger partial charge in [-0.15, -0.1) is 0 Å². The van der Waals surface area contributed by atoms with Crippen molar-refractivity contribution in [1.29, 1.82) is 0 Å². The van der Waals surface area contributed by atoms with Crippen molar-refractivity contribution in [3.05, 3.63) is 83.2 Å². The summed E-state index contributed by atoms with van der Waals surface area (Å²) in [5.74, 6) is 1.48. The van der Waals surface area contributed by atoms with Gasteiger partial charge < -0.3 is 10.2 Å². The summed E-state index contributed by atoms with van der Waals surface area (Å²) < 4.78 is 13.7. The van der Waals surface area contributed by atoms with Gasteiger partial charge in [0.25, 0.3) is 0 Å². The van der Waals surface area contributed by atoms with Gasteiger partial charge in [-0.25, -0.2) is 4.39 Å². The number of allylic oxidation sites excluding steroid dienone is 4. The largest absolute Gasteiger partial charge is 0.363 e. The zero-order valence-electron chi connectivity index (χ0n) is 17.0. The number of nitrogens with one attached hydrogen (secondary N) is 1. The Balaban J connectivity index is 1.56. The Morgan fingerprint density at radius 1 is 1.03 bits per heavy atom. The van der Waals surface area contributed by atoms with Crippen LogP contribution in [0.3, 0.4) is 0 Å². The van der Waals surface area contributed by atoms with Crippen LogP contribution in [0.5, 0.6) is 0 Å². The summed E-state index contributed by atoms with van der Waals surface area (Å²) >= 11 is 0. The Morgan fingerprint density at radius 3 is 2.50 bits per heavy atom. The minimum Gasteiger partial charge on any atom is -0.363 e. The van der Waals surface area contributed by atoms with E-state index in [1.54, 1.807) is 19.1 Å². The summed E-state index contributed by atoms with van der Waals surface area (Å²) in [6, 6.07) is 11.7. The van der Waals surface area contributed by atoms with Gasteiger partial charge in [0.15, 0.2) is 0 Å². The van der Waals surface area contributed by atoms with Crippen molar-refractivity contribution in [3.8, 4) is 0 Å². The fraction of sp³-hybridized carbons (Fsp3) is 0.346. The molecule has 152 valence electrons. The Kier molecular flexibility index (Phi) is 3.92. The second-order valence-corrected chi connectivity index (χ2v) is 9.14. The van der Waals surface area contributed by atoms with E-state index in [1.165, 1.54) is 22.4 Å².